The molecule has 0 N–H and O–H groups in total. The normalized spacial score (nSPS) is 14.0. The van der Waals surface area contributed by atoms with Crippen LogP contribution >= 0.6 is 16.4 Å². The average Bonchev–Trinajstić information content (AvgIpc) is 1.97. The Balaban J connectivity index is 5.20. The molecule has 0 rings (SSSR count). The summed E-state index contributed by atoms with van der Waals surface area (Å²) >= 11 is 0. The van der Waals surface area contributed by atoms with Crippen LogP contribution < -0.4 is 0 Å². The zero-order chi connectivity index (χ0) is 10.6. The molecule has 1 unspecified atom stereocenters. The van der Waals surface area contributed by atoms with Crippen molar-refractivity contribution in [2.24, 2.45) is 4.52 Å². The minimum atomic E-state index is -1.78. The van der Waals surface area contributed by atoms with Crippen LogP contribution in [0.15, 0.2) is 4.52 Å². The fraction of sp³-hybridized carbons (Fsp3) is 1.00. The molecule has 0 aromatic carbocycles. The minimum absolute atomic E-state index is 0.362. The summed E-state index contributed by atoms with van der Waals surface area (Å²) in [6.07, 6.45) is 0. The molecule has 0 heterocycles. The Morgan fingerprint density at radius 3 is 1.62 bits per heavy atom. The van der Waals surface area contributed by atoms with Crippen LogP contribution in [0.25, 0.3) is 0 Å². The number of nitrogens with zero attached hydrogens (tertiary/aromatic N) is 3. The predicted octanol–water partition coefficient (Wildman–Crippen LogP) is 3.03. The summed E-state index contributed by atoms with van der Waals surface area (Å²) in [5.74, 6) is 0. The highest BCUT2D eigenvalue weighted by atomic mass is 31.2. The summed E-state index contributed by atoms with van der Waals surface area (Å²) in [6.45, 7) is 4.19. The monoisotopic (exact) mass is 227 g/mol. The Bertz CT molecular complexity index is 175. The molecule has 0 aromatic heterocycles. The number of halogens is 1. The van der Waals surface area contributed by atoms with Crippen molar-refractivity contribution in [3.63, 3.8) is 0 Å². The zero-order valence-electron chi connectivity index (χ0n) is 9.24. The van der Waals surface area contributed by atoms with Crippen molar-refractivity contribution < 1.29 is 4.20 Å². The first-order chi connectivity index (χ1) is 5.89. The van der Waals surface area contributed by atoms with Gasteiger partial charge in [0.1, 0.15) is 7.36 Å². The summed E-state index contributed by atoms with van der Waals surface area (Å²) in [7, 11) is 5.27. The van der Waals surface area contributed by atoms with E-state index in [-0.39, 0.29) is 0 Å². The van der Waals surface area contributed by atoms with Gasteiger partial charge in [0.05, 0.1) is 0 Å². The lowest BCUT2D eigenvalue weighted by Gasteiger charge is -2.39. The van der Waals surface area contributed by atoms with Crippen LogP contribution in [0.5, 0.6) is 0 Å². The van der Waals surface area contributed by atoms with Gasteiger partial charge in [-0.3, -0.25) is 9.34 Å². The second-order valence-electron chi connectivity index (χ2n) is 3.59. The Hall–Kier alpha value is 0.510. The lowest BCUT2D eigenvalue weighted by Crippen LogP contribution is -2.26. The van der Waals surface area contributed by atoms with E-state index < -0.39 is 16.4 Å². The van der Waals surface area contributed by atoms with Crippen molar-refractivity contribution in [3.05, 3.63) is 0 Å². The minimum Gasteiger partial charge on any atom is -0.264 e. The van der Waals surface area contributed by atoms with Crippen molar-refractivity contribution >= 4 is 16.4 Å². The SMILES string of the molecule is CC(C)P(=NPF)(N(C)C)N(C)C. The molecule has 0 aliphatic rings. The van der Waals surface area contributed by atoms with Crippen LogP contribution in [0.4, 0.5) is 4.20 Å². The molecular weight excluding hydrogens is 207 g/mol. The van der Waals surface area contributed by atoms with Crippen molar-refractivity contribution in [2.45, 2.75) is 19.5 Å². The van der Waals surface area contributed by atoms with Gasteiger partial charge in [0, 0.05) is 5.66 Å². The molecule has 0 aliphatic heterocycles. The van der Waals surface area contributed by atoms with E-state index in [0.717, 1.165) is 0 Å². The molecule has 0 saturated carbocycles. The van der Waals surface area contributed by atoms with Crippen LogP contribution in [0.3, 0.4) is 0 Å². The maximum Gasteiger partial charge on any atom is 0.189 e. The van der Waals surface area contributed by atoms with E-state index in [1.165, 1.54) is 0 Å². The standard InChI is InChI=1S/C7H20FN3P2/c1-7(2)13(9-12-8,10(3)4)11(5)6/h7,12H,1-6H3. The number of hydrogen-bond acceptors (Lipinski definition) is 1. The lowest BCUT2D eigenvalue weighted by molar-refractivity contribution is 0.549. The first-order valence-corrected chi connectivity index (χ1v) is 6.76. The summed E-state index contributed by atoms with van der Waals surface area (Å²) in [5.41, 5.74) is 0.362. The summed E-state index contributed by atoms with van der Waals surface area (Å²) in [4.78, 5) is 0. The molecule has 0 fully saturated rings. The molecule has 3 nitrogen and oxygen atoms in total. The molecule has 0 saturated heterocycles. The maximum absolute atomic E-state index is 12.4. The van der Waals surface area contributed by atoms with E-state index in [0.29, 0.717) is 5.66 Å². The maximum atomic E-state index is 12.4. The van der Waals surface area contributed by atoms with Gasteiger partial charge >= 0.3 is 0 Å². The van der Waals surface area contributed by atoms with Gasteiger partial charge in [-0.2, -0.15) is 0 Å². The van der Waals surface area contributed by atoms with Crippen LogP contribution in [-0.4, -0.2) is 43.2 Å². The fourth-order valence-corrected chi connectivity index (χ4v) is 6.99. The Labute approximate surface area is 82.8 Å². The van der Waals surface area contributed by atoms with E-state index in [2.05, 4.69) is 27.7 Å². The highest BCUT2D eigenvalue weighted by molar-refractivity contribution is 7.66. The predicted molar refractivity (Wildman–Crippen MR) is 61.3 cm³/mol. The molecule has 1 atom stereocenters. The van der Waals surface area contributed by atoms with Crippen LogP contribution in [0.2, 0.25) is 0 Å². The molecule has 0 bridgehead atoms. The van der Waals surface area contributed by atoms with Gasteiger partial charge in [-0.05, 0) is 28.2 Å². The van der Waals surface area contributed by atoms with Gasteiger partial charge < -0.3 is 0 Å². The third-order valence-electron chi connectivity index (χ3n) is 2.06. The summed E-state index contributed by atoms with van der Waals surface area (Å²) in [6, 6.07) is 0. The van der Waals surface area contributed by atoms with Gasteiger partial charge in [-0.25, -0.2) is 8.71 Å². The molecule has 0 aromatic rings. The smallest absolute Gasteiger partial charge is 0.189 e. The first-order valence-electron chi connectivity index (χ1n) is 4.21. The fourth-order valence-electron chi connectivity index (χ4n) is 1.63. The van der Waals surface area contributed by atoms with E-state index in [1.54, 1.807) is 0 Å². The second kappa shape index (κ2) is 5.41. The van der Waals surface area contributed by atoms with E-state index >= 15 is 0 Å². The largest absolute Gasteiger partial charge is 0.264 e. The van der Waals surface area contributed by atoms with Gasteiger partial charge in [-0.1, -0.05) is 13.8 Å². The summed E-state index contributed by atoms with van der Waals surface area (Å²) < 4.78 is 20.7. The van der Waals surface area contributed by atoms with Crippen LogP contribution in [-0.2, 0) is 0 Å². The Morgan fingerprint density at radius 1 is 1.15 bits per heavy atom. The molecule has 6 heteroatoms. The third-order valence-corrected chi connectivity index (χ3v) is 7.28. The van der Waals surface area contributed by atoms with Crippen LogP contribution in [0.1, 0.15) is 13.8 Å². The molecule has 0 radical (unpaired) electrons. The topological polar surface area (TPSA) is 18.8 Å². The van der Waals surface area contributed by atoms with Gasteiger partial charge in [0.25, 0.3) is 0 Å². The third kappa shape index (κ3) is 2.73. The molecule has 0 spiro atoms. The highest BCUT2D eigenvalue weighted by Crippen LogP contribution is 2.59. The first kappa shape index (κ1) is 13.5. The quantitative estimate of drug-likeness (QED) is 0.687. The second-order valence-corrected chi connectivity index (χ2v) is 8.42. The average molecular weight is 227 g/mol. The summed E-state index contributed by atoms with van der Waals surface area (Å²) in [5, 5.41) is 0. The van der Waals surface area contributed by atoms with Gasteiger partial charge in [0.15, 0.2) is 9.04 Å². The van der Waals surface area contributed by atoms with Crippen molar-refractivity contribution in [1.29, 1.82) is 0 Å². The number of hydrogen-bond donors (Lipinski definition) is 0. The van der Waals surface area contributed by atoms with Gasteiger partial charge in [-0.15, -0.1) is 0 Å². The van der Waals surface area contributed by atoms with Crippen molar-refractivity contribution in [3.8, 4) is 0 Å². The zero-order valence-corrected chi connectivity index (χ0v) is 11.1. The van der Waals surface area contributed by atoms with Crippen molar-refractivity contribution in [1.82, 2.24) is 9.34 Å². The van der Waals surface area contributed by atoms with E-state index in [9.17, 15) is 4.20 Å². The molecule has 13 heavy (non-hydrogen) atoms. The molecule has 0 aliphatic carbocycles. The number of rotatable bonds is 4. The highest BCUT2D eigenvalue weighted by Gasteiger charge is 2.28. The molecule has 80 valence electrons. The van der Waals surface area contributed by atoms with Crippen LogP contribution in [0, 0.1) is 0 Å². The van der Waals surface area contributed by atoms with Gasteiger partial charge in [0.2, 0.25) is 0 Å². The molecule has 0 amide bonds. The Kier molecular flexibility index (Phi) is 5.62. The Morgan fingerprint density at radius 2 is 1.54 bits per heavy atom. The molecular formula is C7H20FN3P2. The van der Waals surface area contributed by atoms with E-state index in [4.69, 9.17) is 0 Å². The van der Waals surface area contributed by atoms with Crippen molar-refractivity contribution in [2.75, 3.05) is 28.2 Å². The van der Waals surface area contributed by atoms with E-state index in [1.807, 2.05) is 28.2 Å². The lowest BCUT2D eigenvalue weighted by atomic mass is 10.6.